The molecule has 1 aliphatic heterocycles. The molecule has 0 aromatic rings. The largest absolute Gasteiger partial charge is 0.377 e. The maximum atomic E-state index is 14.9. The summed E-state index contributed by atoms with van der Waals surface area (Å²) in [5, 5.41) is 12.6. The Morgan fingerprint density at radius 2 is 1.56 bits per heavy atom. The molecule has 7 atom stereocenters. The van der Waals surface area contributed by atoms with E-state index in [1.165, 1.54) is 0 Å². The van der Waals surface area contributed by atoms with Gasteiger partial charge in [0, 0.05) is 37.5 Å². The number of terminal acetylenes is 1. The van der Waals surface area contributed by atoms with Crippen LogP contribution in [0, 0.1) is 40.4 Å². The summed E-state index contributed by atoms with van der Waals surface area (Å²) >= 11 is 0. The summed E-state index contributed by atoms with van der Waals surface area (Å²) in [5.41, 5.74) is 5.52. The van der Waals surface area contributed by atoms with Gasteiger partial charge in [-0.1, -0.05) is 107 Å². The minimum absolute atomic E-state index is 0.00486. The van der Waals surface area contributed by atoms with E-state index in [9.17, 15) is 19.2 Å². The lowest BCUT2D eigenvalue weighted by atomic mass is 9.74. The van der Waals surface area contributed by atoms with Crippen LogP contribution in [0.15, 0.2) is 24.4 Å². The van der Waals surface area contributed by atoms with Gasteiger partial charge in [0.25, 0.3) is 0 Å². The number of unbranched alkanes of at least 4 members (excludes halogenated alkanes) is 2. The third kappa shape index (κ3) is 16.5. The first-order chi connectivity index (χ1) is 25.6. The van der Waals surface area contributed by atoms with E-state index in [1.54, 1.807) is 6.92 Å². The first-order valence-electron chi connectivity index (χ1n) is 20.9. The van der Waals surface area contributed by atoms with Gasteiger partial charge in [-0.25, -0.2) is 4.79 Å². The fourth-order valence-electron chi connectivity index (χ4n) is 7.59. The van der Waals surface area contributed by atoms with E-state index in [1.807, 2.05) is 46.6 Å². The summed E-state index contributed by atoms with van der Waals surface area (Å²) in [6, 6.07) is -2.28. The molecule has 10 heteroatoms. The molecule has 2 fully saturated rings. The van der Waals surface area contributed by atoms with Gasteiger partial charge >= 0.3 is 6.03 Å². The van der Waals surface area contributed by atoms with Crippen molar-refractivity contribution in [1.29, 1.82) is 0 Å². The molecule has 0 aromatic heterocycles. The van der Waals surface area contributed by atoms with Gasteiger partial charge in [0.15, 0.2) is 5.78 Å². The van der Waals surface area contributed by atoms with Crippen LogP contribution in [0.25, 0.3) is 0 Å². The van der Waals surface area contributed by atoms with Crippen LogP contribution in [0.3, 0.4) is 0 Å². The summed E-state index contributed by atoms with van der Waals surface area (Å²) in [6.07, 6.45) is 12.2. The number of ketones is 2. The number of rotatable bonds is 21. The Kier molecular flexibility index (Phi) is 23.1. The molecule has 1 saturated carbocycles. The predicted octanol–water partition coefficient (Wildman–Crippen LogP) is 7.53. The second-order valence-electron chi connectivity index (χ2n) is 17.7. The summed E-state index contributed by atoms with van der Waals surface area (Å²) in [5.74, 6) is 3.09. The Hall–Kier alpha value is -3.16. The highest BCUT2D eigenvalue weighted by atomic mass is 16.2. The molecular formula is C45H82N6O4. The molecular weight excluding hydrogens is 689 g/mol. The van der Waals surface area contributed by atoms with E-state index >= 15 is 0 Å². The van der Waals surface area contributed by atoms with Crippen molar-refractivity contribution in [3.8, 4) is 12.3 Å². The Labute approximate surface area is 336 Å². The van der Waals surface area contributed by atoms with Crippen LogP contribution < -0.4 is 27.0 Å². The monoisotopic (exact) mass is 771 g/mol. The Morgan fingerprint density at radius 1 is 0.982 bits per heavy atom. The summed E-state index contributed by atoms with van der Waals surface area (Å²) in [4.78, 5) is 55.7. The third-order valence-electron chi connectivity index (χ3n) is 11.5. The SMILES string of the molecule is C#CCCC(NC(=C)C1[C@@H]2[C@H](CN1C(=O)C(NC(=O)NC(CCC(C)=O)C(C)(C)C)C(C)(CC)CCCCC)C2(C)C)C(=O)CC(=C)C.CCN.CCNC. The van der Waals surface area contributed by atoms with Gasteiger partial charge in [0.05, 0.1) is 12.1 Å². The van der Waals surface area contributed by atoms with Gasteiger partial charge < -0.3 is 36.7 Å². The lowest BCUT2D eigenvalue weighted by molar-refractivity contribution is -0.138. The quantitative estimate of drug-likeness (QED) is 0.0461. The zero-order chi connectivity index (χ0) is 42.7. The lowest BCUT2D eigenvalue weighted by Gasteiger charge is -2.42. The zero-order valence-electron chi connectivity index (χ0n) is 37.3. The molecule has 0 bridgehead atoms. The maximum Gasteiger partial charge on any atom is 0.315 e. The van der Waals surface area contributed by atoms with Crippen molar-refractivity contribution in [3.63, 3.8) is 0 Å². The number of likely N-dealkylation sites (tertiary alicyclic amines) is 1. The average Bonchev–Trinajstić information content (AvgIpc) is 3.40. The Morgan fingerprint density at radius 3 is 2.02 bits per heavy atom. The number of fused-ring (bicyclic) bond motifs is 1. The Bertz CT molecular complexity index is 1290. The van der Waals surface area contributed by atoms with Crippen molar-refractivity contribution in [1.82, 2.24) is 26.2 Å². The summed E-state index contributed by atoms with van der Waals surface area (Å²) < 4.78 is 0. The number of piperidine rings is 1. The molecule has 5 unspecified atom stereocenters. The van der Waals surface area contributed by atoms with E-state index in [4.69, 9.17) is 12.2 Å². The van der Waals surface area contributed by atoms with Crippen molar-refractivity contribution in [2.75, 3.05) is 26.7 Å². The molecule has 0 spiro atoms. The first-order valence-corrected chi connectivity index (χ1v) is 20.9. The summed E-state index contributed by atoms with van der Waals surface area (Å²) in [6.45, 7) is 35.0. The van der Waals surface area contributed by atoms with Gasteiger partial charge in [0.1, 0.15) is 11.8 Å². The topological polar surface area (TPSA) is 146 Å². The number of allylic oxidation sites excluding steroid dienone is 1. The van der Waals surface area contributed by atoms with E-state index in [2.05, 4.69) is 81.9 Å². The summed E-state index contributed by atoms with van der Waals surface area (Å²) in [7, 11) is 1.93. The van der Waals surface area contributed by atoms with Crippen LogP contribution in [0.2, 0.25) is 0 Å². The highest BCUT2D eigenvalue weighted by molar-refractivity contribution is 5.89. The highest BCUT2D eigenvalue weighted by Gasteiger charge is 2.68. The number of Topliss-reactive ketones (excluding diaryl/α,β-unsaturated/α-hetero) is 2. The van der Waals surface area contributed by atoms with Gasteiger partial charge in [0.2, 0.25) is 5.91 Å². The van der Waals surface area contributed by atoms with E-state index in [-0.39, 0.29) is 52.7 Å². The fourth-order valence-corrected chi connectivity index (χ4v) is 7.59. The Balaban J connectivity index is 0.00000383. The number of nitrogens with two attached hydrogens (primary N) is 1. The van der Waals surface area contributed by atoms with Crippen molar-refractivity contribution >= 4 is 23.5 Å². The van der Waals surface area contributed by atoms with Crippen LogP contribution in [0.4, 0.5) is 4.79 Å². The van der Waals surface area contributed by atoms with Crippen molar-refractivity contribution < 1.29 is 19.2 Å². The van der Waals surface area contributed by atoms with Crippen molar-refractivity contribution in [3.05, 3.63) is 24.4 Å². The smallest absolute Gasteiger partial charge is 0.315 e. The van der Waals surface area contributed by atoms with Gasteiger partial charge in [-0.05, 0) is 87.7 Å². The first kappa shape index (κ1) is 51.8. The minimum Gasteiger partial charge on any atom is -0.377 e. The van der Waals surface area contributed by atoms with Gasteiger partial charge in [-0.15, -0.1) is 12.3 Å². The molecule has 6 N–H and O–H groups in total. The van der Waals surface area contributed by atoms with E-state index < -0.39 is 23.5 Å². The molecule has 0 aromatic carbocycles. The number of hydrogen-bond acceptors (Lipinski definition) is 7. The number of nitrogens with zero attached hydrogens (tertiary/aromatic N) is 1. The standard InChI is InChI=1S/C40H66N4O4.C3H9N.C2H7N/c1-14-17-19-23-40(13,16-3)35(43-37(48)42-32(38(8,9)10)22-21-27(6)45)36(47)44-25-29-33(39(29,11)12)34(44)28(7)41-30(20-18-15-2)31(46)24-26(4)5;1-3-4-2;1-2-3/h2,29-30,32-35,41H,4,7,14,16-25H2,1,3,5-6,8-13H3,(H2,42,43,48);4H,3H2,1-2H3;2-3H2,1H3/t29-,30?,32?,33-,34?,35?,40?;;/m0../s1. The van der Waals surface area contributed by atoms with E-state index in [0.717, 1.165) is 44.3 Å². The zero-order valence-corrected chi connectivity index (χ0v) is 37.3. The fraction of sp³-hybridized carbons (Fsp3) is 0.778. The molecule has 2 rings (SSSR count). The number of carbonyl (C=O) groups is 4. The van der Waals surface area contributed by atoms with Crippen LogP contribution in [-0.4, -0.2) is 79.3 Å². The second kappa shape index (κ2) is 24.5. The second-order valence-corrected chi connectivity index (χ2v) is 17.7. The van der Waals surface area contributed by atoms with Crippen LogP contribution in [0.5, 0.6) is 0 Å². The van der Waals surface area contributed by atoms with Crippen LogP contribution in [0.1, 0.15) is 147 Å². The minimum atomic E-state index is -0.772. The molecule has 2 aliphatic rings. The third-order valence-corrected chi connectivity index (χ3v) is 11.5. The van der Waals surface area contributed by atoms with Gasteiger partial charge in [-0.2, -0.15) is 0 Å². The molecule has 10 nitrogen and oxygen atoms in total. The molecule has 1 heterocycles. The number of hydrogen-bond donors (Lipinski definition) is 5. The maximum absolute atomic E-state index is 14.9. The highest BCUT2D eigenvalue weighted by Crippen LogP contribution is 2.66. The normalized spacial score (nSPS) is 20.6. The van der Waals surface area contributed by atoms with Gasteiger partial charge in [-0.3, -0.25) is 9.59 Å². The molecule has 316 valence electrons. The van der Waals surface area contributed by atoms with E-state index in [0.29, 0.717) is 50.3 Å². The number of nitrogens with one attached hydrogen (secondary N) is 4. The average molecular weight is 771 g/mol. The predicted molar refractivity (Wildman–Crippen MR) is 230 cm³/mol. The molecule has 0 radical (unpaired) electrons. The number of carbonyl (C=O) groups excluding carboxylic acids is 4. The molecule has 55 heavy (non-hydrogen) atoms. The van der Waals surface area contributed by atoms with Crippen molar-refractivity contribution in [2.24, 2.45) is 33.8 Å². The lowest BCUT2D eigenvalue weighted by Crippen LogP contribution is -2.61. The van der Waals surface area contributed by atoms with Crippen molar-refractivity contribution in [2.45, 2.75) is 171 Å². The molecule has 1 aliphatic carbocycles. The molecule has 1 saturated heterocycles. The number of amides is 3. The van der Waals surface area contributed by atoms with Crippen LogP contribution in [-0.2, 0) is 14.4 Å². The van der Waals surface area contributed by atoms with Crippen LogP contribution >= 0.6 is 0 Å². The molecule has 3 amide bonds. The number of urea groups is 1.